The highest BCUT2D eigenvalue weighted by Gasteiger charge is 2.33. The summed E-state index contributed by atoms with van der Waals surface area (Å²) < 4.78 is 10.5. The molecule has 0 spiro atoms. The van der Waals surface area contributed by atoms with Crippen LogP contribution in [0.1, 0.15) is 37.7 Å². The van der Waals surface area contributed by atoms with Gasteiger partial charge in [0.15, 0.2) is 0 Å². The molecule has 0 aliphatic heterocycles. The molecule has 1 aromatic carbocycles. The summed E-state index contributed by atoms with van der Waals surface area (Å²) in [6.07, 6.45) is 4.99. The average molecular weight is 236 g/mol. The zero-order valence-electron chi connectivity index (χ0n) is 10.5. The molecule has 0 saturated heterocycles. The SMILES string of the molecule is COc1ccc(C2(O)CCCCC2)c(OC)c1. The van der Waals surface area contributed by atoms with Crippen molar-refractivity contribution in [3.05, 3.63) is 23.8 Å². The van der Waals surface area contributed by atoms with Gasteiger partial charge in [-0.2, -0.15) is 0 Å². The number of hydrogen-bond acceptors (Lipinski definition) is 3. The van der Waals surface area contributed by atoms with Crippen molar-refractivity contribution >= 4 is 0 Å². The van der Waals surface area contributed by atoms with E-state index in [2.05, 4.69) is 0 Å². The van der Waals surface area contributed by atoms with E-state index >= 15 is 0 Å². The summed E-state index contributed by atoms with van der Waals surface area (Å²) >= 11 is 0. The lowest BCUT2D eigenvalue weighted by Crippen LogP contribution is -2.28. The van der Waals surface area contributed by atoms with E-state index in [0.717, 1.165) is 37.0 Å². The lowest BCUT2D eigenvalue weighted by atomic mass is 9.79. The Morgan fingerprint density at radius 1 is 1.06 bits per heavy atom. The number of benzene rings is 1. The van der Waals surface area contributed by atoms with Gasteiger partial charge in [0.05, 0.1) is 19.8 Å². The van der Waals surface area contributed by atoms with Gasteiger partial charge in [-0.1, -0.05) is 19.3 Å². The van der Waals surface area contributed by atoms with Crippen LogP contribution in [0.25, 0.3) is 0 Å². The van der Waals surface area contributed by atoms with E-state index < -0.39 is 5.60 Å². The highest BCUT2D eigenvalue weighted by atomic mass is 16.5. The van der Waals surface area contributed by atoms with Crippen molar-refractivity contribution in [3.8, 4) is 11.5 Å². The molecule has 1 aromatic rings. The molecular formula is C14H20O3. The summed E-state index contributed by atoms with van der Waals surface area (Å²) in [4.78, 5) is 0. The fraction of sp³-hybridized carbons (Fsp3) is 0.571. The third-order valence-electron chi connectivity index (χ3n) is 3.59. The molecule has 3 heteroatoms. The summed E-state index contributed by atoms with van der Waals surface area (Å²) in [5.74, 6) is 1.47. The molecule has 0 bridgehead atoms. The minimum atomic E-state index is -0.726. The summed E-state index contributed by atoms with van der Waals surface area (Å²) in [6, 6.07) is 5.63. The smallest absolute Gasteiger partial charge is 0.128 e. The van der Waals surface area contributed by atoms with Crippen molar-refractivity contribution in [2.75, 3.05) is 14.2 Å². The lowest BCUT2D eigenvalue weighted by molar-refractivity contribution is -0.00261. The Balaban J connectivity index is 2.36. The highest BCUT2D eigenvalue weighted by molar-refractivity contribution is 5.44. The molecule has 1 aliphatic rings. The number of rotatable bonds is 3. The van der Waals surface area contributed by atoms with Gasteiger partial charge < -0.3 is 14.6 Å². The molecule has 1 aliphatic carbocycles. The molecule has 1 N–H and O–H groups in total. The topological polar surface area (TPSA) is 38.7 Å². The second-order valence-electron chi connectivity index (χ2n) is 4.66. The Kier molecular flexibility index (Phi) is 3.57. The van der Waals surface area contributed by atoms with Crippen molar-refractivity contribution in [2.24, 2.45) is 0 Å². The second kappa shape index (κ2) is 4.96. The number of hydrogen-bond donors (Lipinski definition) is 1. The van der Waals surface area contributed by atoms with Crippen molar-refractivity contribution in [1.82, 2.24) is 0 Å². The number of methoxy groups -OCH3 is 2. The van der Waals surface area contributed by atoms with Crippen LogP contribution in [0, 0.1) is 0 Å². The maximum Gasteiger partial charge on any atom is 0.128 e. The van der Waals surface area contributed by atoms with Gasteiger partial charge in [-0.05, 0) is 25.0 Å². The van der Waals surface area contributed by atoms with Crippen molar-refractivity contribution in [2.45, 2.75) is 37.7 Å². The molecule has 0 amide bonds. The summed E-state index contributed by atoms with van der Waals surface area (Å²) in [6.45, 7) is 0. The zero-order valence-corrected chi connectivity index (χ0v) is 10.5. The van der Waals surface area contributed by atoms with Crippen LogP contribution in [0.2, 0.25) is 0 Å². The Hall–Kier alpha value is -1.22. The molecule has 0 aromatic heterocycles. The van der Waals surface area contributed by atoms with Crippen molar-refractivity contribution < 1.29 is 14.6 Å². The molecule has 0 atom stereocenters. The van der Waals surface area contributed by atoms with Crippen LogP contribution < -0.4 is 9.47 Å². The van der Waals surface area contributed by atoms with E-state index in [1.165, 1.54) is 6.42 Å². The molecule has 0 heterocycles. The van der Waals surface area contributed by atoms with Gasteiger partial charge in [-0.25, -0.2) is 0 Å². The van der Waals surface area contributed by atoms with Crippen LogP contribution in [0.3, 0.4) is 0 Å². The van der Waals surface area contributed by atoms with Gasteiger partial charge in [-0.3, -0.25) is 0 Å². The van der Waals surface area contributed by atoms with E-state index in [0.29, 0.717) is 5.75 Å². The first-order valence-electron chi connectivity index (χ1n) is 6.14. The van der Waals surface area contributed by atoms with Crippen LogP contribution in [-0.2, 0) is 5.60 Å². The highest BCUT2D eigenvalue weighted by Crippen LogP contribution is 2.42. The quantitative estimate of drug-likeness (QED) is 0.877. The fourth-order valence-electron chi connectivity index (χ4n) is 2.59. The number of ether oxygens (including phenoxy) is 2. The maximum absolute atomic E-state index is 10.7. The lowest BCUT2D eigenvalue weighted by Gasteiger charge is -2.33. The van der Waals surface area contributed by atoms with Gasteiger partial charge >= 0.3 is 0 Å². The van der Waals surface area contributed by atoms with Crippen LogP contribution in [-0.4, -0.2) is 19.3 Å². The predicted molar refractivity (Wildman–Crippen MR) is 66.5 cm³/mol. The molecular weight excluding hydrogens is 216 g/mol. The Morgan fingerprint density at radius 3 is 2.35 bits per heavy atom. The van der Waals surface area contributed by atoms with Crippen molar-refractivity contribution in [1.29, 1.82) is 0 Å². The van der Waals surface area contributed by atoms with E-state index in [1.54, 1.807) is 14.2 Å². The molecule has 0 radical (unpaired) electrons. The largest absolute Gasteiger partial charge is 0.497 e. The van der Waals surface area contributed by atoms with E-state index in [9.17, 15) is 5.11 Å². The molecule has 94 valence electrons. The standard InChI is InChI=1S/C14H20O3/c1-16-11-6-7-12(13(10-11)17-2)14(15)8-4-3-5-9-14/h6-7,10,15H,3-5,8-9H2,1-2H3. The molecule has 2 rings (SSSR count). The predicted octanol–water partition coefficient (Wildman–Crippen LogP) is 2.86. The molecule has 1 fully saturated rings. The molecule has 0 unspecified atom stereocenters. The average Bonchev–Trinajstić information content (AvgIpc) is 2.38. The Bertz CT molecular complexity index is 381. The Morgan fingerprint density at radius 2 is 1.76 bits per heavy atom. The fourth-order valence-corrected chi connectivity index (χ4v) is 2.59. The van der Waals surface area contributed by atoms with E-state index in [-0.39, 0.29) is 0 Å². The first-order chi connectivity index (χ1) is 8.19. The Labute approximate surface area is 102 Å². The molecule has 3 nitrogen and oxygen atoms in total. The van der Waals surface area contributed by atoms with Crippen LogP contribution in [0.5, 0.6) is 11.5 Å². The first-order valence-corrected chi connectivity index (χ1v) is 6.14. The van der Waals surface area contributed by atoms with Gasteiger partial charge in [0.25, 0.3) is 0 Å². The van der Waals surface area contributed by atoms with Gasteiger partial charge in [0, 0.05) is 11.6 Å². The first kappa shape index (κ1) is 12.2. The van der Waals surface area contributed by atoms with E-state index in [4.69, 9.17) is 9.47 Å². The second-order valence-corrected chi connectivity index (χ2v) is 4.66. The third-order valence-corrected chi connectivity index (χ3v) is 3.59. The third kappa shape index (κ3) is 2.39. The monoisotopic (exact) mass is 236 g/mol. The molecule has 1 saturated carbocycles. The van der Waals surface area contributed by atoms with Crippen LogP contribution in [0.4, 0.5) is 0 Å². The normalized spacial score (nSPS) is 18.8. The van der Waals surface area contributed by atoms with Crippen LogP contribution >= 0.6 is 0 Å². The van der Waals surface area contributed by atoms with E-state index in [1.807, 2.05) is 18.2 Å². The minimum Gasteiger partial charge on any atom is -0.497 e. The van der Waals surface area contributed by atoms with Gasteiger partial charge in [-0.15, -0.1) is 0 Å². The minimum absolute atomic E-state index is 0.716. The molecule has 17 heavy (non-hydrogen) atoms. The summed E-state index contributed by atoms with van der Waals surface area (Å²) in [5, 5.41) is 10.7. The summed E-state index contributed by atoms with van der Waals surface area (Å²) in [5.41, 5.74) is 0.163. The number of aliphatic hydroxyl groups is 1. The van der Waals surface area contributed by atoms with Crippen LogP contribution in [0.15, 0.2) is 18.2 Å². The van der Waals surface area contributed by atoms with Gasteiger partial charge in [0.1, 0.15) is 11.5 Å². The zero-order chi connectivity index (χ0) is 12.3. The maximum atomic E-state index is 10.7. The van der Waals surface area contributed by atoms with Crippen molar-refractivity contribution in [3.63, 3.8) is 0 Å². The summed E-state index contributed by atoms with van der Waals surface area (Å²) in [7, 11) is 3.26. The van der Waals surface area contributed by atoms with Gasteiger partial charge in [0.2, 0.25) is 0 Å².